The fraction of sp³-hybridized carbons (Fsp3) is 0.500. The molecular weight excluding hydrogens is 292 g/mol. The molecule has 0 aliphatic heterocycles. The summed E-state index contributed by atoms with van der Waals surface area (Å²) >= 11 is 0. The Hall–Kier alpha value is -0.693. The summed E-state index contributed by atoms with van der Waals surface area (Å²) in [7, 11) is -1.71. The van der Waals surface area contributed by atoms with Gasteiger partial charge in [0.15, 0.2) is 0 Å². The Morgan fingerprint density at radius 2 is 1.74 bits per heavy atom. The maximum atomic E-state index is 13.2. The van der Waals surface area contributed by atoms with Gasteiger partial charge in [-0.05, 0) is 37.3 Å². The van der Waals surface area contributed by atoms with Crippen LogP contribution in [0.15, 0.2) is 24.3 Å². The standard InChI is InChI=1S/C12H19F2NO2Si.ClH/c1-18(2,3)17-10-6-4-9(5-7-10)11(15)12(13,14)8-16;/h4-7,11,16H,8,15H2,1-3H3;1H/t11-;/m0./s1. The smallest absolute Gasteiger partial charge is 0.289 e. The van der Waals surface area contributed by atoms with Gasteiger partial charge in [0.05, 0.1) is 6.04 Å². The zero-order valence-corrected chi connectivity index (χ0v) is 13.0. The molecule has 1 rings (SSSR count). The first kappa shape index (κ1) is 18.3. The van der Waals surface area contributed by atoms with Crippen LogP contribution in [0.2, 0.25) is 19.6 Å². The Morgan fingerprint density at radius 3 is 2.11 bits per heavy atom. The van der Waals surface area contributed by atoms with Gasteiger partial charge in [0.25, 0.3) is 5.92 Å². The third-order valence-corrected chi connectivity index (χ3v) is 3.18. The first-order valence-corrected chi connectivity index (χ1v) is 9.10. The number of nitrogens with two attached hydrogens (primary N) is 1. The summed E-state index contributed by atoms with van der Waals surface area (Å²) < 4.78 is 32.1. The number of aliphatic hydroxyl groups excluding tert-OH is 1. The van der Waals surface area contributed by atoms with Gasteiger partial charge in [0.1, 0.15) is 12.4 Å². The fourth-order valence-electron chi connectivity index (χ4n) is 1.44. The summed E-state index contributed by atoms with van der Waals surface area (Å²) in [5.41, 5.74) is 5.69. The highest BCUT2D eigenvalue weighted by molar-refractivity contribution is 6.70. The van der Waals surface area contributed by atoms with Crippen molar-refractivity contribution in [2.45, 2.75) is 31.6 Å². The summed E-state index contributed by atoms with van der Waals surface area (Å²) in [4.78, 5) is 0. The van der Waals surface area contributed by atoms with Crippen molar-refractivity contribution >= 4 is 20.7 Å². The molecule has 0 saturated carbocycles. The Labute approximate surface area is 119 Å². The summed E-state index contributed by atoms with van der Waals surface area (Å²) in [6, 6.07) is 4.75. The fourth-order valence-corrected chi connectivity index (χ4v) is 2.28. The van der Waals surface area contributed by atoms with Crippen LogP contribution in [0.3, 0.4) is 0 Å². The topological polar surface area (TPSA) is 55.5 Å². The van der Waals surface area contributed by atoms with E-state index in [1.165, 1.54) is 12.1 Å². The number of aliphatic hydroxyl groups is 1. The van der Waals surface area contributed by atoms with Gasteiger partial charge >= 0.3 is 0 Å². The largest absolute Gasteiger partial charge is 0.544 e. The van der Waals surface area contributed by atoms with Gasteiger partial charge in [-0.25, -0.2) is 8.78 Å². The van der Waals surface area contributed by atoms with Crippen molar-refractivity contribution < 1.29 is 18.3 Å². The highest BCUT2D eigenvalue weighted by Gasteiger charge is 2.37. The van der Waals surface area contributed by atoms with Crippen molar-refractivity contribution in [3.05, 3.63) is 29.8 Å². The maximum absolute atomic E-state index is 13.2. The second kappa shape index (κ2) is 6.65. The van der Waals surface area contributed by atoms with E-state index in [2.05, 4.69) is 0 Å². The monoisotopic (exact) mass is 311 g/mol. The number of halogens is 3. The van der Waals surface area contributed by atoms with Crippen LogP contribution in [0.5, 0.6) is 5.75 Å². The number of alkyl halides is 2. The average Bonchev–Trinajstić information content (AvgIpc) is 2.27. The molecule has 110 valence electrons. The van der Waals surface area contributed by atoms with E-state index in [1.807, 2.05) is 19.6 Å². The molecule has 0 bridgehead atoms. The summed E-state index contributed by atoms with van der Waals surface area (Å²) in [6.07, 6.45) is 0. The lowest BCUT2D eigenvalue weighted by Gasteiger charge is -2.23. The molecule has 1 atom stereocenters. The van der Waals surface area contributed by atoms with Crippen LogP contribution in [0, 0.1) is 0 Å². The van der Waals surface area contributed by atoms with Crippen molar-refractivity contribution in [2.75, 3.05) is 6.61 Å². The Kier molecular flexibility index (Phi) is 6.41. The Bertz CT molecular complexity index is 396. The van der Waals surface area contributed by atoms with Crippen LogP contribution >= 0.6 is 12.4 Å². The van der Waals surface area contributed by atoms with Gasteiger partial charge in [-0.3, -0.25) is 0 Å². The van der Waals surface area contributed by atoms with Gasteiger partial charge < -0.3 is 15.3 Å². The predicted octanol–water partition coefficient (Wildman–Crippen LogP) is 2.95. The van der Waals surface area contributed by atoms with Crippen molar-refractivity contribution in [3.8, 4) is 5.75 Å². The van der Waals surface area contributed by atoms with Gasteiger partial charge in [-0.15, -0.1) is 12.4 Å². The Morgan fingerprint density at radius 1 is 1.26 bits per heavy atom. The van der Waals surface area contributed by atoms with Crippen molar-refractivity contribution in [2.24, 2.45) is 5.73 Å². The molecule has 0 aliphatic carbocycles. The molecule has 3 N–H and O–H groups in total. The van der Waals surface area contributed by atoms with E-state index in [9.17, 15) is 8.78 Å². The molecule has 0 radical (unpaired) electrons. The predicted molar refractivity (Wildman–Crippen MR) is 76.6 cm³/mol. The third-order valence-electron chi connectivity index (χ3n) is 2.33. The molecule has 1 aromatic rings. The van der Waals surface area contributed by atoms with Crippen LogP contribution in [-0.2, 0) is 0 Å². The molecule has 0 spiro atoms. The number of hydrogen-bond donors (Lipinski definition) is 2. The van der Waals surface area contributed by atoms with Crippen LogP contribution in [-0.4, -0.2) is 26.0 Å². The Balaban J connectivity index is 0.00000324. The van der Waals surface area contributed by atoms with Crippen LogP contribution < -0.4 is 10.2 Å². The van der Waals surface area contributed by atoms with E-state index < -0.39 is 26.9 Å². The lowest BCUT2D eigenvalue weighted by molar-refractivity contribution is -0.0711. The molecule has 7 heteroatoms. The highest BCUT2D eigenvalue weighted by atomic mass is 35.5. The minimum atomic E-state index is -3.32. The number of benzene rings is 1. The van der Waals surface area contributed by atoms with Gasteiger partial charge in [0, 0.05) is 0 Å². The summed E-state index contributed by atoms with van der Waals surface area (Å²) in [6.45, 7) is 4.84. The zero-order valence-electron chi connectivity index (χ0n) is 11.2. The molecule has 0 saturated heterocycles. The molecule has 1 aromatic carbocycles. The van der Waals surface area contributed by atoms with E-state index in [0.717, 1.165) is 0 Å². The molecule has 3 nitrogen and oxygen atoms in total. The van der Waals surface area contributed by atoms with Gasteiger partial charge in [-0.2, -0.15) is 0 Å². The lowest BCUT2D eigenvalue weighted by Crippen LogP contribution is -2.36. The van der Waals surface area contributed by atoms with E-state index in [1.54, 1.807) is 12.1 Å². The van der Waals surface area contributed by atoms with Crippen molar-refractivity contribution in [1.29, 1.82) is 0 Å². The minimum Gasteiger partial charge on any atom is -0.544 e. The molecule has 0 heterocycles. The van der Waals surface area contributed by atoms with Crippen LogP contribution in [0.4, 0.5) is 8.78 Å². The first-order valence-electron chi connectivity index (χ1n) is 5.69. The normalized spacial score (nSPS) is 13.6. The van der Waals surface area contributed by atoms with E-state index in [0.29, 0.717) is 5.75 Å². The van der Waals surface area contributed by atoms with Crippen LogP contribution in [0.25, 0.3) is 0 Å². The maximum Gasteiger partial charge on any atom is 0.289 e. The molecule has 0 fully saturated rings. The minimum absolute atomic E-state index is 0. The zero-order chi connectivity index (χ0) is 14.0. The second-order valence-electron chi connectivity index (χ2n) is 5.18. The average molecular weight is 312 g/mol. The molecule has 0 aromatic heterocycles. The van der Waals surface area contributed by atoms with E-state index in [4.69, 9.17) is 15.3 Å². The van der Waals surface area contributed by atoms with Gasteiger partial charge in [0.2, 0.25) is 8.32 Å². The quantitative estimate of drug-likeness (QED) is 0.822. The summed E-state index contributed by atoms with van der Waals surface area (Å²) in [5, 5.41) is 8.58. The number of hydrogen-bond acceptors (Lipinski definition) is 3. The SMILES string of the molecule is C[Si](C)(C)Oc1ccc([C@H](N)C(F)(F)CO)cc1.Cl. The highest BCUT2D eigenvalue weighted by Crippen LogP contribution is 2.29. The first-order chi connectivity index (χ1) is 8.15. The lowest BCUT2D eigenvalue weighted by atomic mass is 10.0. The summed E-state index contributed by atoms with van der Waals surface area (Å²) in [5.74, 6) is -2.67. The molecule has 0 unspecified atom stereocenters. The second-order valence-corrected chi connectivity index (χ2v) is 9.61. The van der Waals surface area contributed by atoms with Gasteiger partial charge in [-0.1, -0.05) is 12.1 Å². The molecule has 0 aliphatic rings. The third kappa shape index (κ3) is 5.44. The molecular formula is C12H20ClF2NO2Si. The molecule has 19 heavy (non-hydrogen) atoms. The van der Waals surface area contributed by atoms with E-state index in [-0.39, 0.29) is 18.0 Å². The van der Waals surface area contributed by atoms with Crippen molar-refractivity contribution in [3.63, 3.8) is 0 Å². The number of rotatable bonds is 5. The molecule has 0 amide bonds. The van der Waals surface area contributed by atoms with E-state index >= 15 is 0 Å². The van der Waals surface area contributed by atoms with Crippen molar-refractivity contribution in [1.82, 2.24) is 0 Å². The van der Waals surface area contributed by atoms with Crippen LogP contribution in [0.1, 0.15) is 11.6 Å².